The van der Waals surface area contributed by atoms with Crippen LogP contribution in [0.3, 0.4) is 0 Å². The highest BCUT2D eigenvalue weighted by molar-refractivity contribution is 5.84. The summed E-state index contributed by atoms with van der Waals surface area (Å²) in [5, 5.41) is 22.6. The van der Waals surface area contributed by atoms with Gasteiger partial charge in [-0.25, -0.2) is 4.79 Å². The molecule has 1 aromatic heterocycles. The zero-order valence-electron chi connectivity index (χ0n) is 10.3. The van der Waals surface area contributed by atoms with Crippen LogP contribution < -0.4 is 5.32 Å². The maximum absolute atomic E-state index is 11.3. The van der Waals surface area contributed by atoms with Gasteiger partial charge in [0.2, 0.25) is 0 Å². The van der Waals surface area contributed by atoms with Gasteiger partial charge < -0.3 is 10.4 Å². The van der Waals surface area contributed by atoms with Crippen molar-refractivity contribution in [2.75, 3.05) is 19.6 Å². The van der Waals surface area contributed by atoms with E-state index in [1.807, 2.05) is 24.3 Å². The summed E-state index contributed by atoms with van der Waals surface area (Å²) in [7, 11) is 0. The molecule has 0 radical (unpaired) electrons. The molecule has 1 atom stereocenters. The Hall–Kier alpha value is -2.21. The molecule has 19 heavy (non-hydrogen) atoms. The van der Waals surface area contributed by atoms with Gasteiger partial charge in [0.1, 0.15) is 0 Å². The summed E-state index contributed by atoms with van der Waals surface area (Å²) in [6.07, 6.45) is 0.779. The van der Waals surface area contributed by atoms with Gasteiger partial charge in [-0.05, 0) is 0 Å². The highest BCUT2D eigenvalue weighted by atomic mass is 16.4. The first kappa shape index (κ1) is 11.9. The number of hydrogen-bond acceptors (Lipinski definition) is 4. The third kappa shape index (κ3) is 2.10. The van der Waals surface area contributed by atoms with Crippen molar-refractivity contribution in [2.45, 2.75) is 6.04 Å². The number of fused-ring (bicyclic) bond motifs is 1. The van der Waals surface area contributed by atoms with E-state index < -0.39 is 6.09 Å². The summed E-state index contributed by atoms with van der Waals surface area (Å²) >= 11 is 0. The molecular weight excluding hydrogens is 244 g/mol. The number of hydrogen-bond donors (Lipinski definition) is 2. The Kier molecular flexibility index (Phi) is 3.00. The highest BCUT2D eigenvalue weighted by Gasteiger charge is 2.30. The Morgan fingerprint density at radius 2 is 2.26 bits per heavy atom. The lowest BCUT2D eigenvalue weighted by Crippen LogP contribution is -2.48. The second-order valence-electron chi connectivity index (χ2n) is 4.51. The number of piperazine rings is 1. The van der Waals surface area contributed by atoms with Crippen molar-refractivity contribution < 1.29 is 9.90 Å². The van der Waals surface area contributed by atoms with Gasteiger partial charge in [-0.15, -0.1) is 0 Å². The molecule has 98 valence electrons. The predicted octanol–water partition coefficient (Wildman–Crippen LogP) is 1.25. The summed E-state index contributed by atoms with van der Waals surface area (Å²) in [5.74, 6) is 0. The Morgan fingerprint density at radius 1 is 1.42 bits per heavy atom. The molecule has 1 aliphatic rings. The minimum absolute atomic E-state index is 0.287. The molecule has 3 rings (SSSR count). The topological polar surface area (TPSA) is 78.4 Å². The Balaban J connectivity index is 2.09. The maximum Gasteiger partial charge on any atom is 0.407 e. The van der Waals surface area contributed by atoms with Gasteiger partial charge in [0.05, 0.1) is 17.9 Å². The van der Waals surface area contributed by atoms with Crippen molar-refractivity contribution >= 4 is 16.9 Å². The van der Waals surface area contributed by atoms with Crippen LogP contribution in [0.4, 0.5) is 4.79 Å². The van der Waals surface area contributed by atoms with Gasteiger partial charge >= 0.3 is 6.09 Å². The molecule has 0 saturated carbocycles. The summed E-state index contributed by atoms with van der Waals surface area (Å²) in [6.45, 7) is 1.70. The number of nitrogens with zero attached hydrogens (tertiary/aromatic N) is 3. The third-order valence-corrected chi connectivity index (χ3v) is 3.40. The van der Waals surface area contributed by atoms with Crippen LogP contribution in [0.15, 0.2) is 30.5 Å². The van der Waals surface area contributed by atoms with E-state index in [9.17, 15) is 9.90 Å². The van der Waals surface area contributed by atoms with Crippen LogP contribution in [0.5, 0.6) is 0 Å². The molecule has 2 N–H and O–H groups in total. The van der Waals surface area contributed by atoms with Crippen LogP contribution in [0.1, 0.15) is 11.7 Å². The minimum Gasteiger partial charge on any atom is -0.465 e. The Morgan fingerprint density at radius 3 is 3.11 bits per heavy atom. The first-order valence-corrected chi connectivity index (χ1v) is 6.18. The maximum atomic E-state index is 11.3. The number of amides is 1. The molecule has 2 aromatic rings. The lowest BCUT2D eigenvalue weighted by Gasteiger charge is -2.33. The first-order chi connectivity index (χ1) is 9.27. The van der Waals surface area contributed by atoms with Crippen molar-refractivity contribution in [2.24, 2.45) is 0 Å². The van der Waals surface area contributed by atoms with Gasteiger partial charge in [0.25, 0.3) is 0 Å². The van der Waals surface area contributed by atoms with Crippen LogP contribution in [0.25, 0.3) is 10.8 Å². The molecule has 0 bridgehead atoms. The SMILES string of the molecule is O=C(O)N1CCNCC1c1nncc2ccccc12. The van der Waals surface area contributed by atoms with E-state index in [4.69, 9.17) is 0 Å². The molecule has 1 saturated heterocycles. The second-order valence-corrected chi connectivity index (χ2v) is 4.51. The van der Waals surface area contributed by atoms with Crippen molar-refractivity contribution in [3.63, 3.8) is 0 Å². The molecule has 6 nitrogen and oxygen atoms in total. The smallest absolute Gasteiger partial charge is 0.407 e. The lowest BCUT2D eigenvalue weighted by molar-refractivity contribution is 0.111. The van der Waals surface area contributed by atoms with E-state index >= 15 is 0 Å². The standard InChI is InChI=1S/C13H14N4O2/c18-13(19)17-6-5-14-8-11(17)12-10-4-2-1-3-9(10)7-15-16-12/h1-4,7,11,14H,5-6,8H2,(H,18,19). The molecule has 0 aliphatic carbocycles. The van der Waals surface area contributed by atoms with E-state index in [1.54, 1.807) is 6.20 Å². The molecule has 2 heterocycles. The van der Waals surface area contributed by atoms with Gasteiger partial charge in [-0.1, -0.05) is 24.3 Å². The number of nitrogens with one attached hydrogen (secondary N) is 1. The van der Waals surface area contributed by atoms with Gasteiger partial charge in [0.15, 0.2) is 0 Å². The summed E-state index contributed by atoms with van der Waals surface area (Å²) in [4.78, 5) is 12.7. The fraction of sp³-hybridized carbons (Fsp3) is 0.308. The van der Waals surface area contributed by atoms with E-state index in [2.05, 4.69) is 15.5 Å². The molecule has 1 fully saturated rings. The van der Waals surface area contributed by atoms with E-state index in [-0.39, 0.29) is 6.04 Å². The zero-order valence-corrected chi connectivity index (χ0v) is 10.3. The predicted molar refractivity (Wildman–Crippen MR) is 69.9 cm³/mol. The van der Waals surface area contributed by atoms with Crippen LogP contribution in [-0.4, -0.2) is 45.9 Å². The van der Waals surface area contributed by atoms with Crippen molar-refractivity contribution in [3.8, 4) is 0 Å². The highest BCUT2D eigenvalue weighted by Crippen LogP contribution is 2.26. The monoisotopic (exact) mass is 258 g/mol. The van der Waals surface area contributed by atoms with Crippen LogP contribution in [-0.2, 0) is 0 Å². The number of benzene rings is 1. The second kappa shape index (κ2) is 4.81. The van der Waals surface area contributed by atoms with Crippen LogP contribution in [0, 0.1) is 0 Å². The molecule has 1 aliphatic heterocycles. The van der Waals surface area contributed by atoms with E-state index in [1.165, 1.54) is 4.90 Å². The van der Waals surface area contributed by atoms with Crippen molar-refractivity contribution in [1.29, 1.82) is 0 Å². The van der Waals surface area contributed by atoms with E-state index in [0.29, 0.717) is 25.3 Å². The zero-order chi connectivity index (χ0) is 13.2. The molecule has 1 aromatic carbocycles. The van der Waals surface area contributed by atoms with Crippen LogP contribution in [0.2, 0.25) is 0 Å². The quantitative estimate of drug-likeness (QED) is 0.805. The number of carbonyl (C=O) groups is 1. The number of rotatable bonds is 1. The van der Waals surface area contributed by atoms with Gasteiger partial charge in [-0.2, -0.15) is 10.2 Å². The normalized spacial score (nSPS) is 19.6. The fourth-order valence-corrected chi connectivity index (χ4v) is 2.47. The largest absolute Gasteiger partial charge is 0.465 e. The summed E-state index contributed by atoms with van der Waals surface area (Å²) in [5.41, 5.74) is 0.715. The van der Waals surface area contributed by atoms with E-state index in [0.717, 1.165) is 10.8 Å². The van der Waals surface area contributed by atoms with Gasteiger partial charge in [0, 0.05) is 30.4 Å². The molecular formula is C13H14N4O2. The Bertz CT molecular complexity index is 611. The number of aromatic nitrogens is 2. The first-order valence-electron chi connectivity index (χ1n) is 6.18. The Labute approximate surface area is 110 Å². The minimum atomic E-state index is -0.916. The molecule has 6 heteroatoms. The van der Waals surface area contributed by atoms with Crippen molar-refractivity contribution in [3.05, 3.63) is 36.2 Å². The molecule has 0 spiro atoms. The lowest BCUT2D eigenvalue weighted by atomic mass is 10.0. The average Bonchev–Trinajstić information content (AvgIpc) is 2.46. The average molecular weight is 258 g/mol. The molecule has 1 unspecified atom stereocenters. The number of carboxylic acid groups (broad SMARTS) is 1. The van der Waals surface area contributed by atoms with Crippen molar-refractivity contribution in [1.82, 2.24) is 20.4 Å². The van der Waals surface area contributed by atoms with Gasteiger partial charge in [-0.3, -0.25) is 4.90 Å². The van der Waals surface area contributed by atoms with Crippen LogP contribution >= 0.6 is 0 Å². The molecule has 1 amide bonds. The fourth-order valence-electron chi connectivity index (χ4n) is 2.47. The summed E-state index contributed by atoms with van der Waals surface area (Å²) in [6, 6.07) is 7.48. The third-order valence-electron chi connectivity index (χ3n) is 3.40. The summed E-state index contributed by atoms with van der Waals surface area (Å²) < 4.78 is 0.